The summed E-state index contributed by atoms with van der Waals surface area (Å²) < 4.78 is 7.81. The molecular weight excluding hydrogens is 226 g/mol. The zero-order valence-electron chi connectivity index (χ0n) is 9.97. The summed E-state index contributed by atoms with van der Waals surface area (Å²) in [4.78, 5) is 4.23. The third kappa shape index (κ3) is 1.22. The van der Waals surface area contributed by atoms with Gasteiger partial charge in [0, 0.05) is 30.1 Å². The Morgan fingerprint density at radius 1 is 1.39 bits per heavy atom. The second-order valence-corrected chi connectivity index (χ2v) is 5.77. The molecule has 0 radical (unpaired) electrons. The van der Waals surface area contributed by atoms with Gasteiger partial charge in [0.15, 0.2) is 0 Å². The third-order valence-corrected chi connectivity index (χ3v) is 4.29. The van der Waals surface area contributed by atoms with E-state index in [1.807, 2.05) is 28.9 Å². The minimum absolute atomic E-state index is 0.0103. The van der Waals surface area contributed by atoms with Crippen LogP contribution in [0.1, 0.15) is 19.3 Å². The molecule has 3 saturated carbocycles. The van der Waals surface area contributed by atoms with Crippen molar-refractivity contribution in [2.24, 2.45) is 10.8 Å². The maximum absolute atomic E-state index is 8.98. The molecule has 3 aliphatic carbocycles. The molecule has 3 aliphatic rings. The minimum atomic E-state index is 0.0103. The van der Waals surface area contributed by atoms with Gasteiger partial charge in [-0.1, -0.05) is 0 Å². The zero-order valence-corrected chi connectivity index (χ0v) is 9.97. The highest BCUT2D eigenvalue weighted by atomic mass is 16.5. The highest BCUT2D eigenvalue weighted by Crippen LogP contribution is 2.72. The molecule has 2 heterocycles. The standard InChI is InChI=1S/C14H13N3O/c15-9-13-6-14(7-13,8-13)10-18-11-1-3-17-4-2-16-12(17)5-11/h1-5H,6-8,10H2. The van der Waals surface area contributed by atoms with Gasteiger partial charge in [-0.15, -0.1) is 0 Å². The Balaban J connectivity index is 1.45. The summed E-state index contributed by atoms with van der Waals surface area (Å²) in [7, 11) is 0. The molecule has 4 nitrogen and oxygen atoms in total. The summed E-state index contributed by atoms with van der Waals surface area (Å²) in [5.41, 5.74) is 1.20. The number of nitrogens with zero attached hydrogens (tertiary/aromatic N) is 3. The number of aromatic nitrogens is 2. The SMILES string of the molecule is N#CC12CC(COc3ccn4ccnc4c3)(C1)C2. The molecular formula is C14H13N3O. The number of nitriles is 1. The normalized spacial score (nSPS) is 32.4. The topological polar surface area (TPSA) is 50.3 Å². The Morgan fingerprint density at radius 2 is 2.22 bits per heavy atom. The lowest BCUT2D eigenvalue weighted by Crippen LogP contribution is -2.63. The number of pyridine rings is 1. The van der Waals surface area contributed by atoms with Crippen molar-refractivity contribution in [3.63, 3.8) is 0 Å². The molecule has 4 heteroatoms. The number of imidazole rings is 1. The van der Waals surface area contributed by atoms with Crippen LogP contribution in [0.25, 0.3) is 5.65 Å². The first kappa shape index (κ1) is 9.95. The van der Waals surface area contributed by atoms with Crippen molar-refractivity contribution >= 4 is 5.65 Å². The molecule has 0 saturated heterocycles. The van der Waals surface area contributed by atoms with Gasteiger partial charge < -0.3 is 9.14 Å². The van der Waals surface area contributed by atoms with E-state index in [1.54, 1.807) is 6.20 Å². The van der Waals surface area contributed by atoms with E-state index >= 15 is 0 Å². The minimum Gasteiger partial charge on any atom is -0.493 e. The molecule has 0 unspecified atom stereocenters. The molecule has 3 fully saturated rings. The molecule has 0 N–H and O–H groups in total. The van der Waals surface area contributed by atoms with Gasteiger partial charge in [0.1, 0.15) is 11.4 Å². The molecule has 2 bridgehead atoms. The molecule has 0 aliphatic heterocycles. The predicted octanol–water partition coefficient (Wildman–Crippen LogP) is 2.41. The van der Waals surface area contributed by atoms with Crippen LogP contribution >= 0.6 is 0 Å². The predicted molar refractivity (Wildman–Crippen MR) is 65.0 cm³/mol. The smallest absolute Gasteiger partial charge is 0.140 e. The van der Waals surface area contributed by atoms with Crippen LogP contribution < -0.4 is 4.74 Å². The number of ether oxygens (including phenoxy) is 1. The van der Waals surface area contributed by atoms with Gasteiger partial charge in [-0.05, 0) is 25.3 Å². The molecule has 5 rings (SSSR count). The number of hydrogen-bond acceptors (Lipinski definition) is 3. The van der Waals surface area contributed by atoms with Gasteiger partial charge in [0.2, 0.25) is 0 Å². The molecule has 2 aromatic rings. The van der Waals surface area contributed by atoms with E-state index in [9.17, 15) is 0 Å². The Bertz CT molecular complexity index is 647. The average Bonchev–Trinajstić information content (AvgIpc) is 2.73. The highest BCUT2D eigenvalue weighted by molar-refractivity contribution is 5.44. The molecule has 0 aromatic carbocycles. The van der Waals surface area contributed by atoms with E-state index in [0.29, 0.717) is 0 Å². The summed E-state index contributed by atoms with van der Waals surface area (Å²) >= 11 is 0. The van der Waals surface area contributed by atoms with Gasteiger partial charge in [-0.2, -0.15) is 5.26 Å². The van der Waals surface area contributed by atoms with Crippen LogP contribution in [0.5, 0.6) is 5.75 Å². The lowest BCUT2D eigenvalue weighted by atomic mass is 9.36. The fraction of sp³-hybridized carbons (Fsp3) is 0.429. The van der Waals surface area contributed by atoms with Crippen molar-refractivity contribution < 1.29 is 4.74 Å². The third-order valence-electron chi connectivity index (χ3n) is 4.29. The highest BCUT2D eigenvalue weighted by Gasteiger charge is 2.68. The van der Waals surface area contributed by atoms with Crippen LogP contribution in [-0.4, -0.2) is 16.0 Å². The van der Waals surface area contributed by atoms with Gasteiger partial charge in [-0.3, -0.25) is 0 Å². The first-order chi connectivity index (χ1) is 8.73. The fourth-order valence-electron chi connectivity index (χ4n) is 3.49. The van der Waals surface area contributed by atoms with Gasteiger partial charge in [0.25, 0.3) is 0 Å². The van der Waals surface area contributed by atoms with Crippen LogP contribution in [0.4, 0.5) is 0 Å². The number of fused-ring (bicyclic) bond motifs is 1. The summed E-state index contributed by atoms with van der Waals surface area (Å²) in [6, 6.07) is 6.33. The van der Waals surface area contributed by atoms with E-state index in [1.165, 1.54) is 0 Å². The molecule has 0 atom stereocenters. The van der Waals surface area contributed by atoms with Crippen molar-refractivity contribution in [2.45, 2.75) is 19.3 Å². The van der Waals surface area contributed by atoms with Gasteiger partial charge in [0.05, 0.1) is 18.1 Å². The Labute approximate surface area is 105 Å². The monoisotopic (exact) mass is 239 g/mol. The maximum atomic E-state index is 8.98. The molecule has 18 heavy (non-hydrogen) atoms. The molecule has 2 aromatic heterocycles. The van der Waals surface area contributed by atoms with Crippen molar-refractivity contribution in [1.82, 2.24) is 9.38 Å². The van der Waals surface area contributed by atoms with E-state index in [2.05, 4.69) is 11.1 Å². The first-order valence-electron chi connectivity index (χ1n) is 6.20. The van der Waals surface area contributed by atoms with E-state index in [4.69, 9.17) is 10.00 Å². The molecule has 90 valence electrons. The van der Waals surface area contributed by atoms with Crippen LogP contribution in [-0.2, 0) is 0 Å². The Kier molecular flexibility index (Phi) is 1.69. The molecule has 0 amide bonds. The van der Waals surface area contributed by atoms with Gasteiger partial charge >= 0.3 is 0 Å². The van der Waals surface area contributed by atoms with E-state index < -0.39 is 0 Å². The largest absolute Gasteiger partial charge is 0.493 e. The van der Waals surface area contributed by atoms with Crippen molar-refractivity contribution in [3.05, 3.63) is 30.7 Å². The van der Waals surface area contributed by atoms with Crippen molar-refractivity contribution in [3.8, 4) is 11.8 Å². The summed E-state index contributed by atoms with van der Waals surface area (Å²) in [5.74, 6) is 0.865. The van der Waals surface area contributed by atoms with Gasteiger partial charge in [-0.25, -0.2) is 4.98 Å². The lowest BCUT2D eigenvalue weighted by Gasteiger charge is -2.66. The zero-order chi connectivity index (χ0) is 12.2. The summed E-state index contributed by atoms with van der Waals surface area (Å²) in [6.45, 7) is 0.729. The summed E-state index contributed by atoms with van der Waals surface area (Å²) in [6.07, 6.45) is 8.69. The number of rotatable bonds is 3. The first-order valence-corrected chi connectivity index (χ1v) is 6.20. The molecule has 0 spiro atoms. The van der Waals surface area contributed by atoms with E-state index in [0.717, 1.165) is 37.3 Å². The quantitative estimate of drug-likeness (QED) is 0.826. The summed E-state index contributed by atoms with van der Waals surface area (Å²) in [5, 5.41) is 8.98. The van der Waals surface area contributed by atoms with Crippen LogP contribution in [0, 0.1) is 22.2 Å². The Hall–Kier alpha value is -2.02. The maximum Gasteiger partial charge on any atom is 0.140 e. The van der Waals surface area contributed by atoms with Crippen LogP contribution in [0.3, 0.4) is 0 Å². The second-order valence-electron chi connectivity index (χ2n) is 5.77. The van der Waals surface area contributed by atoms with Crippen molar-refractivity contribution in [2.75, 3.05) is 6.61 Å². The lowest BCUT2D eigenvalue weighted by molar-refractivity contribution is -0.181. The van der Waals surface area contributed by atoms with Crippen LogP contribution in [0.2, 0.25) is 0 Å². The fourth-order valence-corrected chi connectivity index (χ4v) is 3.49. The van der Waals surface area contributed by atoms with E-state index in [-0.39, 0.29) is 10.8 Å². The Morgan fingerprint density at radius 3 is 3.00 bits per heavy atom. The number of hydrogen-bond donors (Lipinski definition) is 0. The van der Waals surface area contributed by atoms with Crippen molar-refractivity contribution in [1.29, 1.82) is 5.26 Å². The second kappa shape index (κ2) is 3.05. The average molecular weight is 239 g/mol. The van der Waals surface area contributed by atoms with Crippen LogP contribution in [0.15, 0.2) is 30.7 Å².